The maximum Gasteiger partial charge on any atom is 0.0809 e. The first-order valence-electron chi connectivity index (χ1n) is 4.81. The monoisotopic (exact) mass is 392 g/mol. The Balaban J connectivity index is 2.87. The zero-order chi connectivity index (χ0) is 14.3. The molecule has 0 aliphatic heterocycles. The van der Waals surface area contributed by atoms with E-state index in [1.54, 1.807) is 18.2 Å². The summed E-state index contributed by atoms with van der Waals surface area (Å²) < 4.78 is 0. The van der Waals surface area contributed by atoms with Crippen LogP contribution in [0.5, 0.6) is 0 Å². The summed E-state index contributed by atoms with van der Waals surface area (Å²) in [4.78, 5) is 0. The SMILES string of the molecule is Clc1ccc(Cl)c(-c2c(Cl)c(Cl)c(Cl)c(Cl)c2Cl)c1. The molecular formula is C12H3Cl7. The maximum atomic E-state index is 6.17. The average Bonchev–Trinajstić information content (AvgIpc) is 2.38. The first-order valence-corrected chi connectivity index (χ1v) is 7.46. The smallest absolute Gasteiger partial charge is 0.0809 e. The molecule has 0 saturated carbocycles. The van der Waals surface area contributed by atoms with Crippen LogP contribution in [0.2, 0.25) is 35.2 Å². The van der Waals surface area contributed by atoms with Crippen LogP contribution >= 0.6 is 81.2 Å². The van der Waals surface area contributed by atoms with E-state index in [-0.39, 0.29) is 25.1 Å². The van der Waals surface area contributed by atoms with Gasteiger partial charge in [0.25, 0.3) is 0 Å². The van der Waals surface area contributed by atoms with Crippen molar-refractivity contribution in [1.82, 2.24) is 0 Å². The van der Waals surface area contributed by atoms with Crippen LogP contribution in [-0.2, 0) is 0 Å². The van der Waals surface area contributed by atoms with Crippen molar-refractivity contribution in [2.75, 3.05) is 0 Å². The Labute approximate surface area is 145 Å². The molecule has 19 heavy (non-hydrogen) atoms. The van der Waals surface area contributed by atoms with Crippen molar-refractivity contribution in [3.8, 4) is 11.1 Å². The van der Waals surface area contributed by atoms with Crippen molar-refractivity contribution < 1.29 is 0 Å². The lowest BCUT2D eigenvalue weighted by molar-refractivity contribution is 1.61. The van der Waals surface area contributed by atoms with E-state index < -0.39 is 0 Å². The van der Waals surface area contributed by atoms with E-state index >= 15 is 0 Å². The van der Waals surface area contributed by atoms with Crippen molar-refractivity contribution in [3.05, 3.63) is 53.4 Å². The molecule has 2 aromatic carbocycles. The van der Waals surface area contributed by atoms with Crippen LogP contribution in [0.25, 0.3) is 11.1 Å². The van der Waals surface area contributed by atoms with Gasteiger partial charge in [0.2, 0.25) is 0 Å². The molecule has 0 unspecified atom stereocenters. The van der Waals surface area contributed by atoms with Crippen LogP contribution in [-0.4, -0.2) is 0 Å². The molecule has 0 fully saturated rings. The van der Waals surface area contributed by atoms with Crippen LogP contribution in [0.3, 0.4) is 0 Å². The largest absolute Gasteiger partial charge is 0.0843 e. The Morgan fingerprint density at radius 2 is 1.05 bits per heavy atom. The molecule has 7 heteroatoms. The number of hydrogen-bond acceptors (Lipinski definition) is 0. The van der Waals surface area contributed by atoms with Gasteiger partial charge in [-0.3, -0.25) is 0 Å². The second kappa shape index (κ2) is 6.07. The summed E-state index contributed by atoms with van der Waals surface area (Å²) in [7, 11) is 0. The summed E-state index contributed by atoms with van der Waals surface area (Å²) in [6.45, 7) is 0. The van der Waals surface area contributed by atoms with Crippen LogP contribution in [0, 0.1) is 0 Å². The van der Waals surface area contributed by atoms with Crippen LogP contribution < -0.4 is 0 Å². The molecule has 0 aromatic heterocycles. The fourth-order valence-electron chi connectivity index (χ4n) is 1.53. The summed E-state index contributed by atoms with van der Waals surface area (Å²) in [6, 6.07) is 4.90. The molecule has 0 spiro atoms. The molecule has 0 nitrogen and oxygen atoms in total. The van der Waals surface area contributed by atoms with Crippen LogP contribution in [0.4, 0.5) is 0 Å². The minimum absolute atomic E-state index is 0.0974. The predicted molar refractivity (Wildman–Crippen MR) is 86.9 cm³/mol. The van der Waals surface area contributed by atoms with Crippen LogP contribution in [0.1, 0.15) is 0 Å². The van der Waals surface area contributed by atoms with Gasteiger partial charge in [-0.15, -0.1) is 0 Å². The summed E-state index contributed by atoms with van der Waals surface area (Å²) in [5.74, 6) is 0. The van der Waals surface area contributed by atoms with Gasteiger partial charge in [0.05, 0.1) is 25.1 Å². The van der Waals surface area contributed by atoms with Gasteiger partial charge in [0, 0.05) is 21.2 Å². The third kappa shape index (κ3) is 2.91. The maximum absolute atomic E-state index is 6.17. The number of hydrogen-bond donors (Lipinski definition) is 0. The topological polar surface area (TPSA) is 0 Å². The summed E-state index contributed by atoms with van der Waals surface area (Å²) >= 11 is 42.4. The van der Waals surface area contributed by atoms with E-state index in [2.05, 4.69) is 0 Å². The lowest BCUT2D eigenvalue weighted by Gasteiger charge is -2.14. The highest BCUT2D eigenvalue weighted by molar-refractivity contribution is 6.56. The molecular weight excluding hydrogens is 392 g/mol. The van der Waals surface area contributed by atoms with Gasteiger partial charge in [0.1, 0.15) is 0 Å². The minimum atomic E-state index is 0.0974. The molecule has 0 aliphatic carbocycles. The lowest BCUT2D eigenvalue weighted by Crippen LogP contribution is -1.88. The van der Waals surface area contributed by atoms with Gasteiger partial charge in [-0.25, -0.2) is 0 Å². The molecule has 0 amide bonds. The van der Waals surface area contributed by atoms with Crippen molar-refractivity contribution in [3.63, 3.8) is 0 Å². The zero-order valence-electron chi connectivity index (χ0n) is 8.88. The molecule has 0 atom stereocenters. The molecule has 2 aromatic rings. The molecule has 100 valence electrons. The molecule has 0 N–H and O–H groups in total. The molecule has 0 bridgehead atoms. The first-order chi connectivity index (χ1) is 8.84. The van der Waals surface area contributed by atoms with Gasteiger partial charge < -0.3 is 0 Å². The van der Waals surface area contributed by atoms with Crippen molar-refractivity contribution >= 4 is 81.2 Å². The van der Waals surface area contributed by atoms with E-state index in [4.69, 9.17) is 81.2 Å². The van der Waals surface area contributed by atoms with Gasteiger partial charge in [-0.2, -0.15) is 0 Å². The highest BCUT2D eigenvalue weighted by Gasteiger charge is 2.21. The normalized spacial score (nSPS) is 10.9. The van der Waals surface area contributed by atoms with Gasteiger partial charge in [-0.05, 0) is 18.2 Å². The summed E-state index contributed by atoms with van der Waals surface area (Å²) in [6.07, 6.45) is 0. The Morgan fingerprint density at radius 3 is 1.58 bits per heavy atom. The Bertz CT molecular complexity index is 635. The average molecular weight is 395 g/mol. The van der Waals surface area contributed by atoms with E-state index in [0.717, 1.165) is 0 Å². The lowest BCUT2D eigenvalue weighted by atomic mass is 10.1. The van der Waals surface area contributed by atoms with E-state index in [1.165, 1.54) is 0 Å². The summed E-state index contributed by atoms with van der Waals surface area (Å²) in [5.41, 5.74) is 0.930. The molecule has 2 rings (SSSR count). The third-order valence-electron chi connectivity index (χ3n) is 2.41. The Kier molecular flexibility index (Phi) is 5.07. The van der Waals surface area contributed by atoms with E-state index in [0.29, 0.717) is 21.2 Å². The van der Waals surface area contributed by atoms with Gasteiger partial charge >= 0.3 is 0 Å². The zero-order valence-corrected chi connectivity index (χ0v) is 14.2. The minimum Gasteiger partial charge on any atom is -0.0843 e. The number of benzene rings is 2. The molecule has 0 saturated heterocycles. The van der Waals surface area contributed by atoms with Gasteiger partial charge in [0.15, 0.2) is 0 Å². The molecule has 0 heterocycles. The quantitative estimate of drug-likeness (QED) is 0.340. The molecule has 0 aliphatic rings. The van der Waals surface area contributed by atoms with Crippen molar-refractivity contribution in [2.24, 2.45) is 0 Å². The van der Waals surface area contributed by atoms with Gasteiger partial charge in [-0.1, -0.05) is 81.2 Å². The van der Waals surface area contributed by atoms with Crippen molar-refractivity contribution in [1.29, 1.82) is 0 Å². The second-order valence-corrected chi connectivity index (χ2v) is 6.30. The highest BCUT2D eigenvalue weighted by atomic mass is 35.5. The van der Waals surface area contributed by atoms with E-state index in [9.17, 15) is 0 Å². The fourth-order valence-corrected chi connectivity index (χ4v) is 3.26. The molecule has 0 radical (unpaired) electrons. The Hall–Kier alpha value is 0.470. The summed E-state index contributed by atoms with van der Waals surface area (Å²) in [5, 5.41) is 1.57. The third-order valence-corrected chi connectivity index (χ3v) is 5.25. The standard InChI is InChI=1S/C12H3Cl7/c13-4-1-2-6(14)5(3-4)7-8(15)10(17)12(19)11(18)9(7)16/h1-3H. The fraction of sp³-hybridized carbons (Fsp3) is 0. The van der Waals surface area contributed by atoms with Crippen LogP contribution in [0.15, 0.2) is 18.2 Å². The second-order valence-electron chi connectivity index (χ2n) is 3.57. The Morgan fingerprint density at radius 1 is 0.579 bits per heavy atom. The first kappa shape index (κ1) is 15.9. The van der Waals surface area contributed by atoms with E-state index in [1.807, 2.05) is 0 Å². The highest BCUT2D eigenvalue weighted by Crippen LogP contribution is 2.49. The number of halogens is 7. The van der Waals surface area contributed by atoms with Crippen molar-refractivity contribution in [2.45, 2.75) is 0 Å². The predicted octanol–water partition coefficient (Wildman–Crippen LogP) is 7.93. The number of rotatable bonds is 1.